The van der Waals surface area contributed by atoms with Crippen LogP contribution in [0, 0.1) is 0 Å². The lowest BCUT2D eigenvalue weighted by atomic mass is 9.90. The highest BCUT2D eigenvalue weighted by Gasteiger charge is 2.18. The van der Waals surface area contributed by atoms with Gasteiger partial charge in [-0.2, -0.15) is 0 Å². The molecule has 0 saturated heterocycles. The van der Waals surface area contributed by atoms with Crippen LogP contribution in [-0.2, 0) is 0 Å². The van der Waals surface area contributed by atoms with Crippen LogP contribution in [0.5, 0.6) is 0 Å². The SMILES string of the molecule is CCC(CCC(C)N)c1c(Cl)ccc(Cl)c1Cl. The molecule has 0 saturated carbocycles. The first-order chi connectivity index (χ1) is 7.97. The second-order valence-electron chi connectivity index (χ2n) is 4.42. The van der Waals surface area contributed by atoms with Crippen LogP contribution in [0.1, 0.15) is 44.6 Å². The average molecular weight is 295 g/mol. The third kappa shape index (κ3) is 4.03. The van der Waals surface area contributed by atoms with Gasteiger partial charge in [0.1, 0.15) is 0 Å². The first kappa shape index (κ1) is 15.1. The summed E-state index contributed by atoms with van der Waals surface area (Å²) in [5.74, 6) is 0.319. The van der Waals surface area contributed by atoms with E-state index >= 15 is 0 Å². The molecule has 1 aromatic rings. The molecule has 0 aromatic heterocycles. The summed E-state index contributed by atoms with van der Waals surface area (Å²) in [5.41, 5.74) is 6.75. The molecule has 0 radical (unpaired) electrons. The van der Waals surface area contributed by atoms with E-state index in [0.717, 1.165) is 24.8 Å². The molecule has 0 spiro atoms. The molecule has 0 bridgehead atoms. The van der Waals surface area contributed by atoms with Gasteiger partial charge < -0.3 is 5.73 Å². The number of hydrogen-bond acceptors (Lipinski definition) is 1. The van der Waals surface area contributed by atoms with Crippen molar-refractivity contribution in [2.45, 2.75) is 45.1 Å². The Hall–Kier alpha value is 0.0500. The summed E-state index contributed by atoms with van der Waals surface area (Å²) in [7, 11) is 0. The van der Waals surface area contributed by atoms with Gasteiger partial charge in [-0.15, -0.1) is 0 Å². The molecule has 1 aromatic carbocycles. The summed E-state index contributed by atoms with van der Waals surface area (Å²) in [4.78, 5) is 0. The van der Waals surface area contributed by atoms with Crippen LogP contribution in [0.25, 0.3) is 0 Å². The molecule has 2 atom stereocenters. The highest BCUT2D eigenvalue weighted by Crippen LogP contribution is 2.39. The van der Waals surface area contributed by atoms with Gasteiger partial charge in [0.05, 0.1) is 10.0 Å². The molecule has 17 heavy (non-hydrogen) atoms. The Bertz CT molecular complexity index is 377. The Balaban J connectivity index is 2.98. The maximum atomic E-state index is 6.24. The fourth-order valence-corrected chi connectivity index (χ4v) is 2.78. The largest absolute Gasteiger partial charge is 0.328 e. The van der Waals surface area contributed by atoms with Crippen molar-refractivity contribution in [2.75, 3.05) is 0 Å². The van der Waals surface area contributed by atoms with Gasteiger partial charge in [0.25, 0.3) is 0 Å². The molecule has 0 aliphatic carbocycles. The van der Waals surface area contributed by atoms with Crippen LogP contribution in [-0.4, -0.2) is 6.04 Å². The third-order valence-electron chi connectivity index (χ3n) is 2.95. The van der Waals surface area contributed by atoms with Crippen molar-refractivity contribution in [3.63, 3.8) is 0 Å². The minimum absolute atomic E-state index is 0.195. The fraction of sp³-hybridized carbons (Fsp3) is 0.538. The van der Waals surface area contributed by atoms with Gasteiger partial charge in [0, 0.05) is 11.1 Å². The molecule has 96 valence electrons. The zero-order valence-corrected chi connectivity index (χ0v) is 12.4. The average Bonchev–Trinajstić information content (AvgIpc) is 2.28. The summed E-state index contributed by atoms with van der Waals surface area (Å²) in [6.45, 7) is 4.13. The first-order valence-corrected chi connectivity index (χ1v) is 6.99. The van der Waals surface area contributed by atoms with Crippen molar-refractivity contribution in [2.24, 2.45) is 5.73 Å². The Morgan fingerprint density at radius 1 is 1.12 bits per heavy atom. The zero-order valence-electron chi connectivity index (χ0n) is 10.1. The molecular weight excluding hydrogens is 277 g/mol. The Labute approximate surface area is 118 Å². The molecule has 2 unspecified atom stereocenters. The first-order valence-electron chi connectivity index (χ1n) is 5.86. The number of rotatable bonds is 5. The van der Waals surface area contributed by atoms with Gasteiger partial charge >= 0.3 is 0 Å². The molecule has 2 N–H and O–H groups in total. The molecule has 0 heterocycles. The van der Waals surface area contributed by atoms with Gasteiger partial charge in [0.2, 0.25) is 0 Å². The van der Waals surface area contributed by atoms with Crippen LogP contribution in [0.2, 0.25) is 15.1 Å². The lowest BCUT2D eigenvalue weighted by molar-refractivity contribution is 0.533. The summed E-state index contributed by atoms with van der Waals surface area (Å²) in [6.07, 6.45) is 2.91. The molecule has 4 heteroatoms. The van der Waals surface area contributed by atoms with Gasteiger partial charge in [-0.25, -0.2) is 0 Å². The van der Waals surface area contributed by atoms with Crippen molar-refractivity contribution in [1.82, 2.24) is 0 Å². The van der Waals surface area contributed by atoms with Gasteiger partial charge in [-0.1, -0.05) is 41.7 Å². The highest BCUT2D eigenvalue weighted by atomic mass is 35.5. The fourth-order valence-electron chi connectivity index (χ4n) is 1.93. The number of benzene rings is 1. The Kier molecular flexibility index (Phi) is 6.08. The normalized spacial score (nSPS) is 14.7. The predicted octanol–water partition coefficient (Wildman–Crippen LogP) is 5.27. The van der Waals surface area contributed by atoms with Crippen molar-refractivity contribution in [3.8, 4) is 0 Å². The summed E-state index contributed by atoms with van der Waals surface area (Å²) in [5, 5.41) is 1.83. The van der Waals surface area contributed by atoms with Crippen LogP contribution in [0.4, 0.5) is 0 Å². The standard InChI is InChI=1S/C13H18Cl3N/c1-3-9(5-4-8(2)17)12-10(14)6-7-11(15)13(12)16/h6-9H,3-5,17H2,1-2H3. The van der Waals surface area contributed by atoms with Crippen LogP contribution < -0.4 is 5.73 Å². The van der Waals surface area contributed by atoms with Crippen molar-refractivity contribution in [3.05, 3.63) is 32.8 Å². The van der Waals surface area contributed by atoms with E-state index < -0.39 is 0 Å². The summed E-state index contributed by atoms with van der Waals surface area (Å²) < 4.78 is 0. The predicted molar refractivity (Wildman–Crippen MR) is 77.4 cm³/mol. The van der Waals surface area contributed by atoms with E-state index in [1.54, 1.807) is 12.1 Å². The highest BCUT2D eigenvalue weighted by molar-refractivity contribution is 6.44. The molecule has 0 fully saturated rings. The number of hydrogen-bond donors (Lipinski definition) is 1. The maximum absolute atomic E-state index is 6.24. The van der Waals surface area contributed by atoms with Gasteiger partial charge in [-0.05, 0) is 49.8 Å². The molecular formula is C13H18Cl3N. The van der Waals surface area contributed by atoms with Crippen molar-refractivity contribution < 1.29 is 0 Å². The number of halogens is 3. The minimum atomic E-state index is 0.195. The zero-order chi connectivity index (χ0) is 13.0. The molecule has 0 aliphatic heterocycles. The number of nitrogens with two attached hydrogens (primary N) is 1. The quantitative estimate of drug-likeness (QED) is 0.736. The molecule has 0 aliphatic rings. The van der Waals surface area contributed by atoms with E-state index in [4.69, 9.17) is 40.5 Å². The van der Waals surface area contributed by atoms with Crippen LogP contribution in [0.15, 0.2) is 12.1 Å². The molecule has 1 rings (SSSR count). The van der Waals surface area contributed by atoms with Gasteiger partial charge in [-0.3, -0.25) is 0 Å². The van der Waals surface area contributed by atoms with Crippen LogP contribution in [0.3, 0.4) is 0 Å². The molecule has 0 amide bonds. The van der Waals surface area contributed by atoms with Crippen molar-refractivity contribution >= 4 is 34.8 Å². The topological polar surface area (TPSA) is 26.0 Å². The Morgan fingerprint density at radius 2 is 1.71 bits per heavy atom. The Morgan fingerprint density at radius 3 is 2.24 bits per heavy atom. The minimum Gasteiger partial charge on any atom is -0.328 e. The third-order valence-corrected chi connectivity index (χ3v) is 4.10. The van der Waals surface area contributed by atoms with E-state index in [0.29, 0.717) is 21.0 Å². The summed E-state index contributed by atoms with van der Waals surface area (Å²) in [6, 6.07) is 3.73. The van der Waals surface area contributed by atoms with E-state index in [1.165, 1.54) is 0 Å². The van der Waals surface area contributed by atoms with Gasteiger partial charge in [0.15, 0.2) is 0 Å². The van der Waals surface area contributed by atoms with E-state index in [-0.39, 0.29) is 6.04 Å². The second-order valence-corrected chi connectivity index (χ2v) is 5.61. The lowest BCUT2D eigenvalue weighted by Crippen LogP contribution is -2.16. The lowest BCUT2D eigenvalue weighted by Gasteiger charge is -2.20. The smallest absolute Gasteiger partial charge is 0.0641 e. The van der Waals surface area contributed by atoms with Crippen molar-refractivity contribution in [1.29, 1.82) is 0 Å². The van der Waals surface area contributed by atoms with E-state index in [2.05, 4.69) is 6.92 Å². The van der Waals surface area contributed by atoms with E-state index in [9.17, 15) is 0 Å². The maximum Gasteiger partial charge on any atom is 0.0641 e. The van der Waals surface area contributed by atoms with E-state index in [1.807, 2.05) is 6.92 Å². The van der Waals surface area contributed by atoms with Crippen LogP contribution >= 0.6 is 34.8 Å². The monoisotopic (exact) mass is 293 g/mol. The molecule has 1 nitrogen and oxygen atoms in total. The second kappa shape index (κ2) is 6.84. The summed E-state index contributed by atoms with van der Waals surface area (Å²) >= 11 is 18.5.